The van der Waals surface area contributed by atoms with Gasteiger partial charge in [-0.05, 0) is 26.0 Å². The van der Waals surface area contributed by atoms with Gasteiger partial charge in [0.2, 0.25) is 0 Å². The Balaban J connectivity index is 2.79. The molecule has 0 aliphatic carbocycles. The number of rotatable bonds is 3. The number of carbonyl (C=O) groups is 1. The lowest BCUT2D eigenvalue weighted by Gasteiger charge is -2.05. The zero-order valence-electron chi connectivity index (χ0n) is 8.43. The molecule has 0 saturated carbocycles. The Labute approximate surface area is 89.3 Å². The second-order valence-electron chi connectivity index (χ2n) is 3.32. The third kappa shape index (κ3) is 3.04. The molecule has 0 unspecified atom stereocenters. The van der Waals surface area contributed by atoms with Crippen molar-refractivity contribution in [1.82, 2.24) is 5.32 Å². The molecule has 0 fully saturated rings. The minimum Gasteiger partial charge on any atom is -0.351 e. The molecule has 1 rings (SSSR count). The van der Waals surface area contributed by atoms with Crippen LogP contribution >= 0.6 is 11.6 Å². The zero-order chi connectivity index (χ0) is 10.6. The Morgan fingerprint density at radius 2 is 1.86 bits per heavy atom. The topological polar surface area (TPSA) is 29.1 Å². The Kier molecular flexibility index (Phi) is 3.96. The van der Waals surface area contributed by atoms with Crippen molar-refractivity contribution in [2.45, 2.75) is 13.8 Å². The minimum atomic E-state index is -0.0579. The molecule has 76 valence electrons. The largest absolute Gasteiger partial charge is 0.351 e. The van der Waals surface area contributed by atoms with Crippen LogP contribution in [0.25, 0.3) is 0 Å². The molecule has 1 amide bonds. The quantitative estimate of drug-likeness (QED) is 0.764. The summed E-state index contributed by atoms with van der Waals surface area (Å²) in [5, 5.41) is 2.73. The maximum atomic E-state index is 11.5. The van der Waals surface area contributed by atoms with Crippen LogP contribution in [0.3, 0.4) is 0 Å². The van der Waals surface area contributed by atoms with Gasteiger partial charge < -0.3 is 5.32 Å². The SMILES string of the molecule is Cc1cc(C)cc(C(=O)NCCCl)c1. The van der Waals surface area contributed by atoms with Crippen molar-refractivity contribution in [2.75, 3.05) is 12.4 Å². The Morgan fingerprint density at radius 3 is 2.36 bits per heavy atom. The third-order valence-corrected chi connectivity index (χ3v) is 2.05. The summed E-state index contributed by atoms with van der Waals surface area (Å²) in [5.74, 6) is 0.383. The van der Waals surface area contributed by atoms with E-state index in [0.29, 0.717) is 18.0 Å². The summed E-state index contributed by atoms with van der Waals surface area (Å²) in [6.07, 6.45) is 0. The maximum absolute atomic E-state index is 11.5. The number of benzene rings is 1. The van der Waals surface area contributed by atoms with Crippen molar-refractivity contribution < 1.29 is 4.79 Å². The predicted molar refractivity (Wildman–Crippen MR) is 59.0 cm³/mol. The normalized spacial score (nSPS) is 9.93. The molecular weight excluding hydrogens is 198 g/mol. The average molecular weight is 212 g/mol. The van der Waals surface area contributed by atoms with Crippen molar-refractivity contribution in [2.24, 2.45) is 0 Å². The van der Waals surface area contributed by atoms with Crippen molar-refractivity contribution in [1.29, 1.82) is 0 Å². The molecular formula is C11H14ClNO. The van der Waals surface area contributed by atoms with Crippen molar-refractivity contribution >= 4 is 17.5 Å². The summed E-state index contributed by atoms with van der Waals surface area (Å²) in [4.78, 5) is 11.5. The van der Waals surface area contributed by atoms with Crippen LogP contribution in [0.5, 0.6) is 0 Å². The highest BCUT2D eigenvalue weighted by Crippen LogP contribution is 2.08. The number of alkyl halides is 1. The van der Waals surface area contributed by atoms with E-state index in [9.17, 15) is 4.79 Å². The van der Waals surface area contributed by atoms with Gasteiger partial charge in [0.25, 0.3) is 5.91 Å². The van der Waals surface area contributed by atoms with Gasteiger partial charge in [-0.1, -0.05) is 17.2 Å². The van der Waals surface area contributed by atoms with E-state index < -0.39 is 0 Å². The highest BCUT2D eigenvalue weighted by molar-refractivity contribution is 6.18. The van der Waals surface area contributed by atoms with Crippen molar-refractivity contribution in [3.63, 3.8) is 0 Å². The highest BCUT2D eigenvalue weighted by atomic mass is 35.5. The van der Waals surface area contributed by atoms with Crippen LogP contribution in [-0.4, -0.2) is 18.3 Å². The van der Waals surface area contributed by atoms with Crippen LogP contribution in [0.2, 0.25) is 0 Å². The molecule has 0 spiro atoms. The number of hydrogen-bond acceptors (Lipinski definition) is 1. The summed E-state index contributed by atoms with van der Waals surface area (Å²) in [6.45, 7) is 4.46. The second kappa shape index (κ2) is 5.01. The second-order valence-corrected chi connectivity index (χ2v) is 3.70. The maximum Gasteiger partial charge on any atom is 0.251 e. The molecule has 1 aromatic rings. The molecule has 3 heteroatoms. The van der Waals surface area contributed by atoms with Gasteiger partial charge in [-0.25, -0.2) is 0 Å². The third-order valence-electron chi connectivity index (χ3n) is 1.86. The Hall–Kier alpha value is -1.02. The number of carbonyl (C=O) groups excluding carboxylic acids is 1. The van der Waals surface area contributed by atoms with Crippen LogP contribution < -0.4 is 5.32 Å². The van der Waals surface area contributed by atoms with Gasteiger partial charge in [0, 0.05) is 18.0 Å². The Morgan fingerprint density at radius 1 is 1.29 bits per heavy atom. The summed E-state index contributed by atoms with van der Waals surface area (Å²) in [7, 11) is 0. The molecule has 0 aliphatic heterocycles. The van der Waals surface area contributed by atoms with Crippen LogP contribution in [-0.2, 0) is 0 Å². The molecule has 0 aliphatic rings. The summed E-state index contributed by atoms with van der Waals surface area (Å²) < 4.78 is 0. The van der Waals surface area contributed by atoms with Gasteiger partial charge in [0.15, 0.2) is 0 Å². The summed E-state index contributed by atoms with van der Waals surface area (Å²) in [5.41, 5.74) is 2.90. The highest BCUT2D eigenvalue weighted by Gasteiger charge is 2.04. The zero-order valence-corrected chi connectivity index (χ0v) is 9.19. The van der Waals surface area contributed by atoms with Gasteiger partial charge in [0.05, 0.1) is 0 Å². The first-order valence-corrected chi connectivity index (χ1v) is 5.09. The Bertz CT molecular complexity index is 316. The molecule has 0 heterocycles. The molecule has 0 atom stereocenters. The molecule has 0 aromatic heterocycles. The lowest BCUT2D eigenvalue weighted by Crippen LogP contribution is -2.25. The van der Waals surface area contributed by atoms with Gasteiger partial charge in [-0.15, -0.1) is 11.6 Å². The van der Waals surface area contributed by atoms with E-state index in [4.69, 9.17) is 11.6 Å². The van der Waals surface area contributed by atoms with Gasteiger partial charge in [-0.2, -0.15) is 0 Å². The number of halogens is 1. The van der Waals surface area contributed by atoms with E-state index in [1.165, 1.54) is 0 Å². The first-order valence-electron chi connectivity index (χ1n) is 4.56. The molecule has 1 aromatic carbocycles. The predicted octanol–water partition coefficient (Wildman–Crippen LogP) is 2.27. The van der Waals surface area contributed by atoms with E-state index in [-0.39, 0.29) is 5.91 Å². The first-order chi connectivity index (χ1) is 6.63. The summed E-state index contributed by atoms with van der Waals surface area (Å²) >= 11 is 5.48. The minimum absolute atomic E-state index is 0.0579. The van der Waals surface area contributed by atoms with Crippen LogP contribution in [0.1, 0.15) is 21.5 Å². The van der Waals surface area contributed by atoms with E-state index in [2.05, 4.69) is 5.32 Å². The van der Waals surface area contributed by atoms with Crippen LogP contribution in [0.15, 0.2) is 18.2 Å². The summed E-state index contributed by atoms with van der Waals surface area (Å²) in [6, 6.07) is 5.78. The first kappa shape index (κ1) is 11.1. The average Bonchev–Trinajstić information content (AvgIpc) is 2.12. The lowest BCUT2D eigenvalue weighted by molar-refractivity contribution is 0.0956. The number of aryl methyl sites for hydroxylation is 2. The van der Waals surface area contributed by atoms with E-state index in [0.717, 1.165) is 11.1 Å². The fourth-order valence-corrected chi connectivity index (χ4v) is 1.46. The lowest BCUT2D eigenvalue weighted by atomic mass is 10.1. The molecule has 2 nitrogen and oxygen atoms in total. The molecule has 0 saturated heterocycles. The monoisotopic (exact) mass is 211 g/mol. The van der Waals surface area contributed by atoms with E-state index in [1.807, 2.05) is 32.0 Å². The van der Waals surface area contributed by atoms with Gasteiger partial charge in [0.1, 0.15) is 0 Å². The fourth-order valence-electron chi connectivity index (χ4n) is 1.37. The smallest absolute Gasteiger partial charge is 0.251 e. The van der Waals surface area contributed by atoms with Crippen molar-refractivity contribution in [3.8, 4) is 0 Å². The van der Waals surface area contributed by atoms with Gasteiger partial charge >= 0.3 is 0 Å². The molecule has 0 radical (unpaired) electrons. The standard InChI is InChI=1S/C11H14ClNO/c1-8-5-9(2)7-10(6-8)11(14)13-4-3-12/h5-7H,3-4H2,1-2H3,(H,13,14). The number of hydrogen-bond donors (Lipinski definition) is 1. The number of nitrogens with one attached hydrogen (secondary N) is 1. The van der Waals surface area contributed by atoms with E-state index >= 15 is 0 Å². The van der Waals surface area contributed by atoms with Crippen molar-refractivity contribution in [3.05, 3.63) is 34.9 Å². The number of amides is 1. The van der Waals surface area contributed by atoms with Crippen LogP contribution in [0, 0.1) is 13.8 Å². The molecule has 1 N–H and O–H groups in total. The van der Waals surface area contributed by atoms with Gasteiger partial charge in [-0.3, -0.25) is 4.79 Å². The molecule has 0 bridgehead atoms. The molecule has 14 heavy (non-hydrogen) atoms. The van der Waals surface area contributed by atoms with E-state index in [1.54, 1.807) is 0 Å². The fraction of sp³-hybridized carbons (Fsp3) is 0.364. The van der Waals surface area contributed by atoms with Crippen LogP contribution in [0.4, 0.5) is 0 Å².